The topological polar surface area (TPSA) is 82.5 Å². The van der Waals surface area contributed by atoms with Crippen molar-refractivity contribution < 1.29 is 4.42 Å². The molecule has 0 amide bonds. The summed E-state index contributed by atoms with van der Waals surface area (Å²) in [6.45, 7) is 2.53. The minimum absolute atomic E-state index is 0.598. The van der Waals surface area contributed by atoms with Crippen molar-refractivity contribution in [2.24, 2.45) is 0 Å². The number of fused-ring (bicyclic) bond motifs is 1. The molecule has 4 rings (SSSR count). The largest absolute Gasteiger partial charge is 0.465 e. The lowest BCUT2D eigenvalue weighted by Crippen LogP contribution is -1.99. The molecule has 0 fully saturated rings. The highest BCUT2D eigenvalue weighted by molar-refractivity contribution is 5.81. The van der Waals surface area contributed by atoms with Gasteiger partial charge in [0.25, 0.3) is 0 Å². The average molecular weight is 293 g/mol. The SMILES string of the molecule is Cc1ccc(CNc2cn[nH]c2-c2nc3ccccc3[nH]2)o1. The molecular weight excluding hydrogens is 278 g/mol. The van der Waals surface area contributed by atoms with Gasteiger partial charge < -0.3 is 14.7 Å². The van der Waals surface area contributed by atoms with Crippen molar-refractivity contribution in [3.8, 4) is 11.5 Å². The number of benzene rings is 1. The summed E-state index contributed by atoms with van der Waals surface area (Å²) >= 11 is 0. The second-order valence-corrected chi connectivity index (χ2v) is 5.13. The molecule has 22 heavy (non-hydrogen) atoms. The summed E-state index contributed by atoms with van der Waals surface area (Å²) in [4.78, 5) is 7.88. The van der Waals surface area contributed by atoms with Crippen LogP contribution in [0.4, 0.5) is 5.69 Å². The molecule has 110 valence electrons. The summed E-state index contributed by atoms with van der Waals surface area (Å²) in [5.41, 5.74) is 3.65. The van der Waals surface area contributed by atoms with Gasteiger partial charge in [-0.1, -0.05) is 12.1 Å². The highest BCUT2D eigenvalue weighted by Crippen LogP contribution is 2.25. The lowest BCUT2D eigenvalue weighted by Gasteiger charge is -2.03. The van der Waals surface area contributed by atoms with E-state index in [0.717, 1.165) is 39.8 Å². The number of imidazole rings is 1. The first-order chi connectivity index (χ1) is 10.8. The first-order valence-electron chi connectivity index (χ1n) is 7.07. The van der Waals surface area contributed by atoms with E-state index < -0.39 is 0 Å². The molecule has 3 N–H and O–H groups in total. The van der Waals surface area contributed by atoms with Crippen molar-refractivity contribution in [3.05, 3.63) is 54.1 Å². The molecule has 0 aliphatic rings. The zero-order valence-electron chi connectivity index (χ0n) is 12.1. The van der Waals surface area contributed by atoms with Crippen LogP contribution in [0.3, 0.4) is 0 Å². The molecule has 3 heterocycles. The van der Waals surface area contributed by atoms with Gasteiger partial charge in [-0.2, -0.15) is 5.10 Å². The second-order valence-electron chi connectivity index (χ2n) is 5.13. The fourth-order valence-electron chi connectivity index (χ4n) is 2.43. The number of nitrogens with one attached hydrogen (secondary N) is 3. The molecule has 0 aliphatic carbocycles. The van der Waals surface area contributed by atoms with Crippen molar-refractivity contribution >= 4 is 16.7 Å². The van der Waals surface area contributed by atoms with E-state index in [0.29, 0.717) is 6.54 Å². The molecule has 6 nitrogen and oxygen atoms in total. The van der Waals surface area contributed by atoms with E-state index in [-0.39, 0.29) is 0 Å². The zero-order chi connectivity index (χ0) is 14.9. The van der Waals surface area contributed by atoms with Gasteiger partial charge in [0.1, 0.15) is 17.2 Å². The van der Waals surface area contributed by atoms with Crippen LogP contribution < -0.4 is 5.32 Å². The Bertz CT molecular complexity index is 884. The van der Waals surface area contributed by atoms with E-state index in [2.05, 4.69) is 25.5 Å². The quantitative estimate of drug-likeness (QED) is 0.538. The molecule has 4 aromatic rings. The number of nitrogens with zero attached hydrogens (tertiary/aromatic N) is 2. The number of para-hydroxylation sites is 2. The molecule has 0 radical (unpaired) electrons. The standard InChI is InChI=1S/C16H15N5O/c1-10-6-7-11(22-10)8-17-14-9-18-21-15(14)16-19-12-4-2-3-5-13(12)20-16/h2-7,9,17H,8H2,1H3,(H,18,21)(H,19,20). The van der Waals surface area contributed by atoms with E-state index in [1.165, 1.54) is 0 Å². The van der Waals surface area contributed by atoms with Crippen LogP contribution in [0.2, 0.25) is 0 Å². The van der Waals surface area contributed by atoms with Crippen molar-refractivity contribution in [1.82, 2.24) is 20.2 Å². The summed E-state index contributed by atoms with van der Waals surface area (Å²) in [6, 6.07) is 11.8. The van der Waals surface area contributed by atoms with Crippen LogP contribution in [0, 0.1) is 6.92 Å². The molecular formula is C16H15N5O. The normalized spacial score (nSPS) is 11.1. The predicted octanol–water partition coefficient (Wildman–Crippen LogP) is 3.47. The van der Waals surface area contributed by atoms with Crippen LogP contribution in [0.15, 0.2) is 47.0 Å². The first kappa shape index (κ1) is 12.7. The van der Waals surface area contributed by atoms with Crippen molar-refractivity contribution in [2.45, 2.75) is 13.5 Å². The Kier molecular flexibility index (Phi) is 2.93. The highest BCUT2D eigenvalue weighted by Gasteiger charge is 2.12. The number of anilines is 1. The zero-order valence-corrected chi connectivity index (χ0v) is 12.1. The van der Waals surface area contributed by atoms with Crippen LogP contribution in [-0.2, 0) is 6.54 Å². The smallest absolute Gasteiger partial charge is 0.158 e. The van der Waals surface area contributed by atoms with Crippen LogP contribution in [0.25, 0.3) is 22.6 Å². The molecule has 0 bridgehead atoms. The summed E-state index contributed by atoms with van der Waals surface area (Å²) in [7, 11) is 0. The maximum atomic E-state index is 5.56. The molecule has 1 aromatic carbocycles. The Hall–Kier alpha value is -3.02. The average Bonchev–Trinajstić information content (AvgIpc) is 3.23. The summed E-state index contributed by atoms with van der Waals surface area (Å²) in [5.74, 6) is 2.55. The van der Waals surface area contributed by atoms with Gasteiger partial charge in [-0.3, -0.25) is 5.10 Å². The number of aromatic nitrogens is 4. The van der Waals surface area contributed by atoms with E-state index in [9.17, 15) is 0 Å². The Morgan fingerprint density at radius 1 is 1.18 bits per heavy atom. The van der Waals surface area contributed by atoms with E-state index >= 15 is 0 Å². The van der Waals surface area contributed by atoms with Gasteiger partial charge in [0, 0.05) is 0 Å². The summed E-state index contributed by atoms with van der Waals surface area (Å²) < 4.78 is 5.56. The van der Waals surface area contributed by atoms with Gasteiger partial charge in [0.2, 0.25) is 0 Å². The molecule has 0 saturated heterocycles. The Balaban J connectivity index is 1.61. The number of hydrogen-bond acceptors (Lipinski definition) is 4. The molecule has 3 aromatic heterocycles. The molecule has 0 atom stereocenters. The lowest BCUT2D eigenvalue weighted by atomic mass is 10.3. The molecule has 6 heteroatoms. The Morgan fingerprint density at radius 3 is 2.91 bits per heavy atom. The van der Waals surface area contributed by atoms with Crippen LogP contribution in [0.1, 0.15) is 11.5 Å². The fourth-order valence-corrected chi connectivity index (χ4v) is 2.43. The minimum Gasteiger partial charge on any atom is -0.465 e. The number of furan rings is 1. The summed E-state index contributed by atoms with van der Waals surface area (Å²) in [5, 5.41) is 10.4. The first-order valence-corrected chi connectivity index (χ1v) is 7.07. The number of aryl methyl sites for hydroxylation is 1. The fraction of sp³-hybridized carbons (Fsp3) is 0.125. The van der Waals surface area contributed by atoms with E-state index in [1.54, 1.807) is 6.20 Å². The van der Waals surface area contributed by atoms with Gasteiger partial charge in [0.15, 0.2) is 5.82 Å². The monoisotopic (exact) mass is 293 g/mol. The van der Waals surface area contributed by atoms with Crippen LogP contribution in [-0.4, -0.2) is 20.2 Å². The molecule has 0 spiro atoms. The maximum Gasteiger partial charge on any atom is 0.158 e. The number of aromatic amines is 2. The van der Waals surface area contributed by atoms with E-state index in [1.807, 2.05) is 43.3 Å². The summed E-state index contributed by atoms with van der Waals surface area (Å²) in [6.07, 6.45) is 1.75. The van der Waals surface area contributed by atoms with Gasteiger partial charge in [-0.25, -0.2) is 4.98 Å². The van der Waals surface area contributed by atoms with E-state index in [4.69, 9.17) is 4.42 Å². The molecule has 0 aliphatic heterocycles. The van der Waals surface area contributed by atoms with Crippen molar-refractivity contribution in [3.63, 3.8) is 0 Å². The van der Waals surface area contributed by atoms with Gasteiger partial charge in [-0.15, -0.1) is 0 Å². The molecule has 0 unspecified atom stereocenters. The predicted molar refractivity (Wildman–Crippen MR) is 84.4 cm³/mol. The van der Waals surface area contributed by atoms with Crippen LogP contribution >= 0.6 is 0 Å². The third-order valence-electron chi connectivity index (χ3n) is 3.51. The van der Waals surface area contributed by atoms with Gasteiger partial charge in [0.05, 0.1) is 29.5 Å². The molecule has 0 saturated carbocycles. The van der Waals surface area contributed by atoms with Gasteiger partial charge in [-0.05, 0) is 31.2 Å². The second kappa shape index (κ2) is 5.07. The minimum atomic E-state index is 0.598. The third-order valence-corrected chi connectivity index (χ3v) is 3.51. The Labute approximate surface area is 126 Å². The maximum absolute atomic E-state index is 5.56. The number of rotatable bonds is 4. The van der Waals surface area contributed by atoms with Gasteiger partial charge >= 0.3 is 0 Å². The third kappa shape index (κ3) is 2.24. The van der Waals surface area contributed by atoms with Crippen molar-refractivity contribution in [1.29, 1.82) is 0 Å². The number of H-pyrrole nitrogens is 2. The van der Waals surface area contributed by atoms with Crippen LogP contribution in [0.5, 0.6) is 0 Å². The van der Waals surface area contributed by atoms with Crippen molar-refractivity contribution in [2.75, 3.05) is 5.32 Å². The number of hydrogen-bond donors (Lipinski definition) is 3. The highest BCUT2D eigenvalue weighted by atomic mass is 16.3. The Morgan fingerprint density at radius 2 is 2.09 bits per heavy atom. The lowest BCUT2D eigenvalue weighted by molar-refractivity contribution is 0.490.